The highest BCUT2D eigenvalue weighted by Gasteiger charge is 2.17. The topological polar surface area (TPSA) is 21.5 Å². The van der Waals surface area contributed by atoms with Gasteiger partial charge >= 0.3 is 0 Å². The Bertz CT molecular complexity index is 111. The first kappa shape index (κ1) is 6.75. The quantitative estimate of drug-likeness (QED) is 0.493. The van der Waals surface area contributed by atoms with Crippen molar-refractivity contribution in [3.63, 3.8) is 0 Å². The van der Waals surface area contributed by atoms with E-state index in [2.05, 4.69) is 6.92 Å². The van der Waals surface area contributed by atoms with Gasteiger partial charge in [0.2, 0.25) is 0 Å². The number of carbonyl (C=O) groups is 1. The van der Waals surface area contributed by atoms with Gasteiger partial charge in [-0.15, -0.1) is 0 Å². The van der Waals surface area contributed by atoms with E-state index in [1.807, 2.05) is 0 Å². The van der Waals surface area contributed by atoms with Crippen LogP contribution in [-0.4, -0.2) is 25.4 Å². The summed E-state index contributed by atoms with van der Waals surface area (Å²) in [5.41, 5.74) is 0. The van der Waals surface area contributed by atoms with Gasteiger partial charge in [0.15, 0.2) is 5.78 Å². The number of Topliss-reactive ketones (excluding diaryl/α,β-unsaturated/α-hetero) is 1. The molecule has 1 N–H and O–H groups in total. The Kier molecular flexibility index (Phi) is 2.22. The summed E-state index contributed by atoms with van der Waals surface area (Å²) in [6, 6.07) is 0. The van der Waals surface area contributed by atoms with Gasteiger partial charge in [-0.25, -0.2) is 0 Å². The summed E-state index contributed by atoms with van der Waals surface area (Å²) in [6.45, 7) is 5.21. The summed E-state index contributed by atoms with van der Waals surface area (Å²) in [5, 5.41) is 0. The van der Waals surface area contributed by atoms with Gasteiger partial charge in [-0.3, -0.25) is 4.79 Å². The largest absolute Gasteiger partial charge is 0.329 e. The molecule has 2 heteroatoms. The molecule has 1 aliphatic heterocycles. The predicted molar refractivity (Wildman–Crippen MR) is 35.5 cm³/mol. The molecular weight excluding hydrogens is 114 g/mol. The van der Waals surface area contributed by atoms with Crippen molar-refractivity contribution in [2.24, 2.45) is 0 Å². The smallest absolute Gasteiger partial charge is 0.187 e. The molecule has 0 bridgehead atoms. The maximum atomic E-state index is 10.8. The van der Waals surface area contributed by atoms with Gasteiger partial charge in [0.1, 0.15) is 6.54 Å². The van der Waals surface area contributed by atoms with Crippen LogP contribution in [0.15, 0.2) is 0 Å². The number of piperidine rings is 1. The fourth-order valence-corrected chi connectivity index (χ4v) is 1.29. The van der Waals surface area contributed by atoms with E-state index >= 15 is 0 Å². The lowest BCUT2D eigenvalue weighted by Gasteiger charge is -2.20. The number of likely N-dealkylation sites (tertiary alicyclic amines) is 1. The third kappa shape index (κ3) is 1.79. The second-order valence-electron chi connectivity index (χ2n) is 2.67. The number of nitrogens with one attached hydrogen (secondary N) is 1. The fraction of sp³-hybridized carbons (Fsp3) is 0.857. The molecule has 1 heterocycles. The number of quaternary nitrogens is 1. The van der Waals surface area contributed by atoms with Crippen molar-refractivity contribution in [1.82, 2.24) is 0 Å². The van der Waals surface area contributed by atoms with Gasteiger partial charge < -0.3 is 4.90 Å². The fourth-order valence-electron chi connectivity index (χ4n) is 1.29. The number of ketones is 1. The molecule has 1 aliphatic rings. The Balaban J connectivity index is 2.32. The highest BCUT2D eigenvalue weighted by Crippen LogP contribution is 1.89. The number of likely N-dealkylation sites (N-methyl/N-ethyl adjacent to an activating group) is 1. The number of carbonyl (C=O) groups excluding carboxylic acids is 1. The molecule has 1 fully saturated rings. The molecule has 1 rings (SSSR count). The van der Waals surface area contributed by atoms with E-state index in [4.69, 9.17) is 0 Å². The summed E-state index contributed by atoms with van der Waals surface area (Å²) in [4.78, 5) is 12.3. The van der Waals surface area contributed by atoms with Crippen LogP contribution >= 0.6 is 0 Å². The minimum Gasteiger partial charge on any atom is -0.329 e. The van der Waals surface area contributed by atoms with Crippen LogP contribution in [0.1, 0.15) is 19.8 Å². The van der Waals surface area contributed by atoms with E-state index in [1.54, 1.807) is 0 Å². The van der Waals surface area contributed by atoms with Crippen LogP contribution in [0.4, 0.5) is 0 Å². The van der Waals surface area contributed by atoms with Crippen molar-refractivity contribution < 1.29 is 9.69 Å². The lowest BCUT2D eigenvalue weighted by atomic mass is 10.1. The Hall–Kier alpha value is -0.370. The molecule has 1 saturated heterocycles. The molecule has 2 nitrogen and oxygen atoms in total. The van der Waals surface area contributed by atoms with Gasteiger partial charge in [-0.2, -0.15) is 0 Å². The van der Waals surface area contributed by atoms with Crippen LogP contribution in [0, 0.1) is 0 Å². The standard InChI is InChI=1S/C7H13NO/c1-2-8-5-3-4-7(9)6-8/h2-6H2,1H3/p+1. The van der Waals surface area contributed by atoms with Crippen molar-refractivity contribution in [2.75, 3.05) is 19.6 Å². The first-order chi connectivity index (χ1) is 4.33. The second-order valence-corrected chi connectivity index (χ2v) is 2.67. The molecule has 9 heavy (non-hydrogen) atoms. The normalized spacial score (nSPS) is 28.6. The molecule has 0 amide bonds. The summed E-state index contributed by atoms with van der Waals surface area (Å²) < 4.78 is 0. The Labute approximate surface area is 55.8 Å². The van der Waals surface area contributed by atoms with Crippen LogP contribution in [0.5, 0.6) is 0 Å². The SMILES string of the molecule is CC[NH+]1CCCC(=O)C1. The van der Waals surface area contributed by atoms with Gasteiger partial charge in [0.05, 0.1) is 13.1 Å². The van der Waals surface area contributed by atoms with Crippen molar-refractivity contribution in [1.29, 1.82) is 0 Å². The maximum absolute atomic E-state index is 10.8. The molecule has 0 radical (unpaired) electrons. The molecule has 1 atom stereocenters. The van der Waals surface area contributed by atoms with Gasteiger partial charge in [-0.05, 0) is 6.92 Å². The molecule has 1 unspecified atom stereocenters. The first-order valence-electron chi connectivity index (χ1n) is 3.68. The van der Waals surface area contributed by atoms with E-state index < -0.39 is 0 Å². The average molecular weight is 128 g/mol. The number of hydrogen-bond donors (Lipinski definition) is 1. The molecule has 0 aromatic heterocycles. The Morgan fingerprint density at radius 1 is 1.67 bits per heavy atom. The molecule has 0 spiro atoms. The highest BCUT2D eigenvalue weighted by atomic mass is 16.1. The molecule has 0 aromatic carbocycles. The monoisotopic (exact) mass is 128 g/mol. The number of hydrogen-bond acceptors (Lipinski definition) is 1. The van der Waals surface area contributed by atoms with E-state index in [0.717, 1.165) is 25.9 Å². The summed E-state index contributed by atoms with van der Waals surface area (Å²) >= 11 is 0. The minimum absolute atomic E-state index is 0.443. The molecular formula is C7H14NO+. The zero-order valence-electron chi connectivity index (χ0n) is 5.94. The average Bonchev–Trinajstić information content (AvgIpc) is 1.88. The summed E-state index contributed by atoms with van der Waals surface area (Å²) in [6.07, 6.45) is 1.92. The predicted octanol–water partition coefficient (Wildman–Crippen LogP) is -0.746. The molecule has 0 saturated carbocycles. The van der Waals surface area contributed by atoms with Crippen LogP contribution in [0.2, 0.25) is 0 Å². The Morgan fingerprint density at radius 3 is 2.89 bits per heavy atom. The molecule has 0 aromatic rings. The maximum Gasteiger partial charge on any atom is 0.187 e. The third-order valence-electron chi connectivity index (χ3n) is 1.93. The zero-order chi connectivity index (χ0) is 6.69. The van der Waals surface area contributed by atoms with Crippen LogP contribution in [0.25, 0.3) is 0 Å². The van der Waals surface area contributed by atoms with Crippen LogP contribution in [-0.2, 0) is 4.79 Å². The summed E-state index contributed by atoms with van der Waals surface area (Å²) in [7, 11) is 0. The van der Waals surface area contributed by atoms with Gasteiger partial charge in [-0.1, -0.05) is 0 Å². The van der Waals surface area contributed by atoms with E-state index in [9.17, 15) is 4.79 Å². The number of rotatable bonds is 1. The molecule has 52 valence electrons. The van der Waals surface area contributed by atoms with Crippen molar-refractivity contribution in [2.45, 2.75) is 19.8 Å². The minimum atomic E-state index is 0.443. The third-order valence-corrected chi connectivity index (χ3v) is 1.93. The zero-order valence-corrected chi connectivity index (χ0v) is 5.94. The molecule has 0 aliphatic carbocycles. The Morgan fingerprint density at radius 2 is 2.44 bits per heavy atom. The first-order valence-corrected chi connectivity index (χ1v) is 3.68. The lowest BCUT2D eigenvalue weighted by Crippen LogP contribution is -3.13. The van der Waals surface area contributed by atoms with Crippen molar-refractivity contribution in [3.05, 3.63) is 0 Å². The summed E-state index contributed by atoms with van der Waals surface area (Å²) in [5.74, 6) is 0.443. The van der Waals surface area contributed by atoms with Crippen molar-refractivity contribution >= 4 is 5.78 Å². The highest BCUT2D eigenvalue weighted by molar-refractivity contribution is 5.79. The van der Waals surface area contributed by atoms with Gasteiger partial charge in [0, 0.05) is 12.8 Å². The van der Waals surface area contributed by atoms with Crippen LogP contribution < -0.4 is 4.90 Å². The van der Waals surface area contributed by atoms with E-state index in [0.29, 0.717) is 5.78 Å². The van der Waals surface area contributed by atoms with Gasteiger partial charge in [0.25, 0.3) is 0 Å². The lowest BCUT2D eigenvalue weighted by molar-refractivity contribution is -0.892. The van der Waals surface area contributed by atoms with E-state index in [-0.39, 0.29) is 0 Å². The van der Waals surface area contributed by atoms with E-state index in [1.165, 1.54) is 11.4 Å². The van der Waals surface area contributed by atoms with Crippen LogP contribution in [0.3, 0.4) is 0 Å². The van der Waals surface area contributed by atoms with Crippen molar-refractivity contribution in [3.8, 4) is 0 Å². The second kappa shape index (κ2) is 2.97.